The molecule has 2 unspecified atom stereocenters. The van der Waals surface area contributed by atoms with E-state index in [4.69, 9.17) is 10.5 Å². The van der Waals surface area contributed by atoms with Gasteiger partial charge in [-0.05, 0) is 59.5 Å². The first-order valence-corrected chi connectivity index (χ1v) is 7.66. The van der Waals surface area contributed by atoms with E-state index in [2.05, 4.69) is 17.1 Å². The lowest BCUT2D eigenvalue weighted by atomic mass is 9.96. The van der Waals surface area contributed by atoms with E-state index in [1.165, 1.54) is 12.8 Å². The maximum absolute atomic E-state index is 11.8. The molecule has 0 aromatic carbocycles. The van der Waals surface area contributed by atoms with Gasteiger partial charge in [0.1, 0.15) is 5.60 Å². The minimum atomic E-state index is -0.470. The van der Waals surface area contributed by atoms with Gasteiger partial charge >= 0.3 is 6.09 Å². The molecule has 118 valence electrons. The molecule has 5 heteroatoms. The van der Waals surface area contributed by atoms with Gasteiger partial charge in [-0.15, -0.1) is 0 Å². The van der Waals surface area contributed by atoms with E-state index in [-0.39, 0.29) is 18.2 Å². The van der Waals surface area contributed by atoms with E-state index in [0.29, 0.717) is 6.54 Å². The number of carbonyl (C=O) groups excluding carboxylic acids is 1. The van der Waals surface area contributed by atoms with Gasteiger partial charge in [0.05, 0.1) is 0 Å². The number of amides is 1. The molecule has 20 heavy (non-hydrogen) atoms. The quantitative estimate of drug-likeness (QED) is 0.828. The van der Waals surface area contributed by atoms with Crippen molar-refractivity contribution in [2.24, 2.45) is 11.7 Å². The van der Waals surface area contributed by atoms with Crippen LogP contribution in [0.15, 0.2) is 0 Å². The number of hydrogen-bond donors (Lipinski definition) is 2. The highest BCUT2D eigenvalue weighted by atomic mass is 16.6. The van der Waals surface area contributed by atoms with E-state index >= 15 is 0 Å². The van der Waals surface area contributed by atoms with Crippen molar-refractivity contribution in [2.75, 3.05) is 19.6 Å². The first kappa shape index (κ1) is 17.2. The van der Waals surface area contributed by atoms with Gasteiger partial charge in [-0.2, -0.15) is 0 Å². The molecule has 5 nitrogen and oxygen atoms in total. The van der Waals surface area contributed by atoms with Crippen LogP contribution in [0.4, 0.5) is 4.79 Å². The lowest BCUT2D eigenvalue weighted by Gasteiger charge is -2.39. The van der Waals surface area contributed by atoms with Crippen molar-refractivity contribution in [3.05, 3.63) is 0 Å². The Morgan fingerprint density at radius 1 is 1.40 bits per heavy atom. The number of hydrogen-bond acceptors (Lipinski definition) is 4. The number of nitrogens with zero attached hydrogens (tertiary/aromatic N) is 1. The smallest absolute Gasteiger partial charge is 0.407 e. The zero-order valence-corrected chi connectivity index (χ0v) is 13.6. The van der Waals surface area contributed by atoms with Crippen LogP contribution in [0.25, 0.3) is 0 Å². The van der Waals surface area contributed by atoms with Gasteiger partial charge in [0.25, 0.3) is 0 Å². The van der Waals surface area contributed by atoms with Crippen LogP contribution in [0.2, 0.25) is 0 Å². The molecule has 0 spiro atoms. The average Bonchev–Trinajstić information content (AvgIpc) is 2.29. The highest BCUT2D eigenvalue weighted by Gasteiger charge is 2.28. The first-order valence-electron chi connectivity index (χ1n) is 7.66. The normalized spacial score (nSPS) is 21.3. The van der Waals surface area contributed by atoms with Crippen molar-refractivity contribution in [2.45, 2.75) is 65.1 Å². The van der Waals surface area contributed by atoms with Crippen molar-refractivity contribution in [3.63, 3.8) is 0 Å². The van der Waals surface area contributed by atoms with Crippen LogP contribution in [-0.4, -0.2) is 48.3 Å². The summed E-state index contributed by atoms with van der Waals surface area (Å²) >= 11 is 0. The molecule has 0 bridgehead atoms. The Bertz CT molecular complexity index is 307. The second-order valence-corrected chi connectivity index (χ2v) is 6.96. The third-order valence-corrected chi connectivity index (χ3v) is 3.85. The highest BCUT2D eigenvalue weighted by molar-refractivity contribution is 5.68. The molecule has 0 aromatic rings. The summed E-state index contributed by atoms with van der Waals surface area (Å²) in [5.74, 6) is 0.791. The molecule has 2 atom stereocenters. The number of rotatable bonds is 4. The van der Waals surface area contributed by atoms with Crippen molar-refractivity contribution >= 4 is 6.09 Å². The minimum Gasteiger partial charge on any atom is -0.444 e. The maximum atomic E-state index is 11.8. The summed E-state index contributed by atoms with van der Waals surface area (Å²) in [6, 6.07) is 0.165. The molecule has 1 saturated heterocycles. The predicted octanol–water partition coefficient (Wildman–Crippen LogP) is 1.96. The average molecular weight is 285 g/mol. The summed E-state index contributed by atoms with van der Waals surface area (Å²) in [5, 5.41) is 2.91. The summed E-state index contributed by atoms with van der Waals surface area (Å²) in [7, 11) is 0. The molecule has 1 aliphatic heterocycles. The second kappa shape index (κ2) is 7.27. The van der Waals surface area contributed by atoms with Crippen LogP contribution in [0.5, 0.6) is 0 Å². The number of likely N-dealkylation sites (tertiary alicyclic amines) is 1. The molecule has 0 aromatic heterocycles. The fourth-order valence-electron chi connectivity index (χ4n) is 2.62. The topological polar surface area (TPSA) is 67.6 Å². The summed E-state index contributed by atoms with van der Waals surface area (Å²) in [6.45, 7) is 12.5. The zero-order valence-electron chi connectivity index (χ0n) is 13.6. The second-order valence-electron chi connectivity index (χ2n) is 6.96. The maximum Gasteiger partial charge on any atom is 0.407 e. The van der Waals surface area contributed by atoms with Gasteiger partial charge in [0, 0.05) is 18.6 Å². The molecule has 1 amide bonds. The van der Waals surface area contributed by atoms with E-state index < -0.39 is 5.60 Å². The van der Waals surface area contributed by atoms with Gasteiger partial charge in [0.2, 0.25) is 0 Å². The van der Waals surface area contributed by atoms with Gasteiger partial charge in [0.15, 0.2) is 0 Å². The van der Waals surface area contributed by atoms with Gasteiger partial charge in [-0.3, -0.25) is 4.90 Å². The molecule has 1 fully saturated rings. The number of nitrogens with one attached hydrogen (secondary N) is 1. The summed E-state index contributed by atoms with van der Waals surface area (Å²) in [5.41, 5.74) is 5.44. The fourth-order valence-corrected chi connectivity index (χ4v) is 2.62. The molecule has 0 aliphatic carbocycles. The summed E-state index contributed by atoms with van der Waals surface area (Å²) in [6.07, 6.45) is 2.04. The minimum absolute atomic E-state index is 0.0109. The van der Waals surface area contributed by atoms with E-state index in [9.17, 15) is 4.79 Å². The van der Waals surface area contributed by atoms with Crippen LogP contribution in [0, 0.1) is 5.92 Å². The Labute approximate surface area is 123 Å². The number of piperidine rings is 1. The monoisotopic (exact) mass is 285 g/mol. The molecular formula is C15H31N3O2. The molecule has 0 saturated carbocycles. The van der Waals surface area contributed by atoms with E-state index in [1.54, 1.807) is 0 Å². The van der Waals surface area contributed by atoms with Crippen molar-refractivity contribution in [1.82, 2.24) is 10.2 Å². The molecular weight excluding hydrogens is 254 g/mol. The third kappa shape index (κ3) is 5.67. The van der Waals surface area contributed by atoms with E-state index in [1.807, 2.05) is 27.7 Å². The molecule has 1 heterocycles. The lowest BCUT2D eigenvalue weighted by Crippen LogP contribution is -2.56. The molecule has 1 aliphatic rings. The highest BCUT2D eigenvalue weighted by Crippen LogP contribution is 2.19. The predicted molar refractivity (Wildman–Crippen MR) is 81.6 cm³/mol. The third-order valence-electron chi connectivity index (χ3n) is 3.85. The molecule has 3 N–H and O–H groups in total. The van der Waals surface area contributed by atoms with Crippen LogP contribution >= 0.6 is 0 Å². The van der Waals surface area contributed by atoms with Crippen LogP contribution in [-0.2, 0) is 4.74 Å². The lowest BCUT2D eigenvalue weighted by molar-refractivity contribution is 0.0453. The Balaban J connectivity index is 2.50. The van der Waals surface area contributed by atoms with Crippen LogP contribution < -0.4 is 11.1 Å². The number of carbonyl (C=O) groups is 1. The Morgan fingerprint density at radius 3 is 2.40 bits per heavy atom. The van der Waals surface area contributed by atoms with Gasteiger partial charge in [-0.25, -0.2) is 4.79 Å². The van der Waals surface area contributed by atoms with Gasteiger partial charge < -0.3 is 15.8 Å². The van der Waals surface area contributed by atoms with Crippen molar-refractivity contribution < 1.29 is 9.53 Å². The van der Waals surface area contributed by atoms with E-state index in [0.717, 1.165) is 19.0 Å². The van der Waals surface area contributed by atoms with Crippen LogP contribution in [0.1, 0.15) is 47.5 Å². The Hall–Kier alpha value is -0.810. The zero-order chi connectivity index (χ0) is 15.3. The largest absolute Gasteiger partial charge is 0.444 e. The molecule has 0 radical (unpaired) electrons. The summed E-state index contributed by atoms with van der Waals surface area (Å²) in [4.78, 5) is 14.2. The van der Waals surface area contributed by atoms with Gasteiger partial charge in [-0.1, -0.05) is 6.92 Å². The number of ether oxygens (including phenoxy) is 1. The number of alkyl carbamates (subject to hydrolysis) is 1. The Morgan fingerprint density at radius 2 is 1.95 bits per heavy atom. The van der Waals surface area contributed by atoms with Crippen molar-refractivity contribution in [3.8, 4) is 0 Å². The first-order chi connectivity index (χ1) is 9.23. The molecule has 1 rings (SSSR count). The Kier molecular flexibility index (Phi) is 6.27. The fraction of sp³-hybridized carbons (Fsp3) is 0.933. The number of nitrogens with two attached hydrogens (primary N) is 1. The summed E-state index contributed by atoms with van der Waals surface area (Å²) < 4.78 is 5.30. The van der Waals surface area contributed by atoms with Crippen LogP contribution in [0.3, 0.4) is 0 Å². The SMILES string of the molecule is CC1CCN(C(CN)C(C)NC(=O)OC(C)(C)C)CC1. The van der Waals surface area contributed by atoms with Crippen molar-refractivity contribution in [1.29, 1.82) is 0 Å². The standard InChI is InChI=1S/C15H31N3O2/c1-11-6-8-18(9-7-11)13(10-16)12(2)17-14(19)20-15(3,4)5/h11-13H,6-10,16H2,1-5H3,(H,17,19).